The minimum atomic E-state index is 0.254. The van der Waals surface area contributed by atoms with E-state index in [1.165, 1.54) is 24.2 Å². The van der Waals surface area contributed by atoms with E-state index in [1.54, 1.807) is 0 Å². The second-order valence-corrected chi connectivity index (χ2v) is 4.49. The van der Waals surface area contributed by atoms with Crippen molar-refractivity contribution in [3.05, 3.63) is 22.4 Å². The molecule has 3 heteroatoms. The van der Waals surface area contributed by atoms with E-state index in [1.807, 2.05) is 24.6 Å². The van der Waals surface area contributed by atoms with Crippen molar-refractivity contribution in [3.63, 3.8) is 0 Å². The molecule has 1 heterocycles. The molecule has 0 aliphatic heterocycles. The van der Waals surface area contributed by atoms with Crippen molar-refractivity contribution in [2.24, 2.45) is 0 Å². The Kier molecular flexibility index (Phi) is 2.47. The number of Topliss-reactive ketones (excluding diaryl/α,β-unsaturated/α-hetero) is 1. The molecule has 1 fully saturated rings. The maximum Gasteiger partial charge on any atom is 0.186 e. The van der Waals surface area contributed by atoms with Crippen molar-refractivity contribution < 1.29 is 4.79 Å². The Labute approximate surface area is 82.2 Å². The molecule has 2 nitrogen and oxygen atoms in total. The van der Waals surface area contributed by atoms with Crippen molar-refractivity contribution in [1.82, 2.24) is 4.90 Å². The van der Waals surface area contributed by atoms with Crippen LogP contribution in [0.25, 0.3) is 0 Å². The molecule has 0 unspecified atom stereocenters. The van der Waals surface area contributed by atoms with Gasteiger partial charge in [0.15, 0.2) is 5.78 Å². The lowest BCUT2D eigenvalue weighted by Crippen LogP contribution is -2.27. The van der Waals surface area contributed by atoms with E-state index in [4.69, 9.17) is 0 Å². The summed E-state index contributed by atoms with van der Waals surface area (Å²) in [6, 6.07) is 4.49. The van der Waals surface area contributed by atoms with Crippen LogP contribution >= 0.6 is 11.3 Å². The highest BCUT2D eigenvalue weighted by Crippen LogP contribution is 2.25. The maximum absolute atomic E-state index is 11.6. The third kappa shape index (κ3) is 2.17. The molecule has 1 aliphatic rings. The first kappa shape index (κ1) is 8.91. The molecular weight excluding hydrogens is 182 g/mol. The number of hydrogen-bond donors (Lipinski definition) is 0. The van der Waals surface area contributed by atoms with Crippen LogP contribution in [0.5, 0.6) is 0 Å². The molecule has 0 radical (unpaired) electrons. The molecule has 0 amide bonds. The highest BCUT2D eigenvalue weighted by atomic mass is 32.1. The highest BCUT2D eigenvalue weighted by Gasteiger charge is 2.27. The Morgan fingerprint density at radius 3 is 3.00 bits per heavy atom. The first-order valence-electron chi connectivity index (χ1n) is 4.54. The molecule has 0 N–H and O–H groups in total. The molecule has 13 heavy (non-hydrogen) atoms. The van der Waals surface area contributed by atoms with Gasteiger partial charge in [0, 0.05) is 6.04 Å². The van der Waals surface area contributed by atoms with Gasteiger partial charge in [-0.25, -0.2) is 0 Å². The van der Waals surface area contributed by atoms with E-state index in [2.05, 4.69) is 4.90 Å². The van der Waals surface area contributed by atoms with Gasteiger partial charge in [-0.1, -0.05) is 6.07 Å². The fourth-order valence-electron chi connectivity index (χ4n) is 1.39. The number of thiophene rings is 1. The molecule has 1 aromatic heterocycles. The zero-order valence-electron chi connectivity index (χ0n) is 7.69. The third-order valence-corrected chi connectivity index (χ3v) is 3.27. The Balaban J connectivity index is 1.91. The van der Waals surface area contributed by atoms with Gasteiger partial charge in [-0.3, -0.25) is 9.69 Å². The summed E-state index contributed by atoms with van der Waals surface area (Å²) in [4.78, 5) is 14.7. The van der Waals surface area contributed by atoms with Crippen LogP contribution in [-0.4, -0.2) is 30.3 Å². The van der Waals surface area contributed by atoms with Crippen molar-refractivity contribution in [2.75, 3.05) is 13.6 Å². The van der Waals surface area contributed by atoms with E-state index in [0.717, 1.165) is 4.88 Å². The van der Waals surface area contributed by atoms with Gasteiger partial charge in [0.2, 0.25) is 0 Å². The third-order valence-electron chi connectivity index (χ3n) is 2.36. The SMILES string of the molecule is CN(CC(=O)c1cccs1)C1CC1. The number of carbonyl (C=O) groups is 1. The van der Waals surface area contributed by atoms with E-state index in [-0.39, 0.29) is 5.78 Å². The summed E-state index contributed by atoms with van der Waals surface area (Å²) in [6.07, 6.45) is 2.52. The number of likely N-dealkylation sites (N-methyl/N-ethyl adjacent to an activating group) is 1. The second kappa shape index (κ2) is 3.60. The second-order valence-electron chi connectivity index (χ2n) is 3.55. The number of nitrogens with zero attached hydrogens (tertiary/aromatic N) is 1. The monoisotopic (exact) mass is 195 g/mol. The van der Waals surface area contributed by atoms with Crippen LogP contribution in [0.15, 0.2) is 17.5 Å². The molecule has 2 rings (SSSR count). The van der Waals surface area contributed by atoms with Gasteiger partial charge in [0.05, 0.1) is 11.4 Å². The first-order valence-corrected chi connectivity index (χ1v) is 5.42. The summed E-state index contributed by atoms with van der Waals surface area (Å²) in [6.45, 7) is 0.575. The molecule has 0 bridgehead atoms. The predicted octanol–water partition coefficient (Wildman–Crippen LogP) is 2.03. The van der Waals surface area contributed by atoms with Gasteiger partial charge in [-0.15, -0.1) is 11.3 Å². The molecule has 0 saturated heterocycles. The lowest BCUT2D eigenvalue weighted by molar-refractivity contribution is 0.0946. The van der Waals surface area contributed by atoms with Crippen LogP contribution in [-0.2, 0) is 0 Å². The Morgan fingerprint density at radius 2 is 2.46 bits per heavy atom. The van der Waals surface area contributed by atoms with Crippen LogP contribution in [0.1, 0.15) is 22.5 Å². The maximum atomic E-state index is 11.6. The number of rotatable bonds is 4. The predicted molar refractivity (Wildman–Crippen MR) is 54.3 cm³/mol. The molecule has 1 aromatic rings. The Bertz CT molecular complexity index is 290. The summed E-state index contributed by atoms with van der Waals surface area (Å²) in [5.41, 5.74) is 0. The van der Waals surface area contributed by atoms with Crippen molar-refractivity contribution in [1.29, 1.82) is 0 Å². The molecular formula is C10H13NOS. The van der Waals surface area contributed by atoms with Gasteiger partial charge in [0.25, 0.3) is 0 Å². The zero-order valence-corrected chi connectivity index (χ0v) is 8.51. The normalized spacial score (nSPS) is 16.5. The van der Waals surface area contributed by atoms with Crippen LogP contribution in [0.3, 0.4) is 0 Å². The van der Waals surface area contributed by atoms with Gasteiger partial charge in [0.1, 0.15) is 0 Å². The minimum absolute atomic E-state index is 0.254. The summed E-state index contributed by atoms with van der Waals surface area (Å²) in [5, 5.41) is 1.95. The standard InChI is InChI=1S/C10H13NOS/c1-11(8-4-5-8)7-9(12)10-3-2-6-13-10/h2-3,6,8H,4-5,7H2,1H3. The lowest BCUT2D eigenvalue weighted by Gasteiger charge is -2.13. The van der Waals surface area contributed by atoms with E-state index < -0.39 is 0 Å². The lowest BCUT2D eigenvalue weighted by atomic mass is 10.3. The smallest absolute Gasteiger partial charge is 0.186 e. The van der Waals surface area contributed by atoms with Crippen LogP contribution in [0, 0.1) is 0 Å². The van der Waals surface area contributed by atoms with Crippen molar-refractivity contribution in [2.45, 2.75) is 18.9 Å². The van der Waals surface area contributed by atoms with Crippen molar-refractivity contribution >= 4 is 17.1 Å². The fourth-order valence-corrected chi connectivity index (χ4v) is 2.04. The fraction of sp³-hybridized carbons (Fsp3) is 0.500. The quantitative estimate of drug-likeness (QED) is 0.685. The van der Waals surface area contributed by atoms with E-state index in [9.17, 15) is 4.79 Å². The average Bonchev–Trinajstić information content (AvgIpc) is 2.81. The average molecular weight is 195 g/mol. The number of carbonyl (C=O) groups excluding carboxylic acids is 1. The molecule has 0 atom stereocenters. The van der Waals surface area contributed by atoms with Crippen LogP contribution in [0.4, 0.5) is 0 Å². The number of hydrogen-bond acceptors (Lipinski definition) is 3. The van der Waals surface area contributed by atoms with Gasteiger partial charge in [-0.2, -0.15) is 0 Å². The molecule has 1 saturated carbocycles. The molecule has 70 valence electrons. The first-order chi connectivity index (χ1) is 6.27. The molecule has 0 aromatic carbocycles. The topological polar surface area (TPSA) is 20.3 Å². The molecule has 0 spiro atoms. The zero-order chi connectivity index (χ0) is 9.26. The Morgan fingerprint density at radius 1 is 1.69 bits per heavy atom. The largest absolute Gasteiger partial charge is 0.296 e. The van der Waals surface area contributed by atoms with Gasteiger partial charge in [-0.05, 0) is 31.3 Å². The van der Waals surface area contributed by atoms with Crippen LogP contribution in [0.2, 0.25) is 0 Å². The van der Waals surface area contributed by atoms with Crippen molar-refractivity contribution in [3.8, 4) is 0 Å². The van der Waals surface area contributed by atoms with Crippen LogP contribution < -0.4 is 0 Å². The summed E-state index contributed by atoms with van der Waals surface area (Å²) in [7, 11) is 2.03. The summed E-state index contributed by atoms with van der Waals surface area (Å²) >= 11 is 1.53. The summed E-state index contributed by atoms with van der Waals surface area (Å²) < 4.78 is 0. The minimum Gasteiger partial charge on any atom is -0.296 e. The Hall–Kier alpha value is -0.670. The van der Waals surface area contributed by atoms with E-state index in [0.29, 0.717) is 12.6 Å². The van der Waals surface area contributed by atoms with E-state index >= 15 is 0 Å². The van der Waals surface area contributed by atoms with Gasteiger partial charge < -0.3 is 0 Å². The summed E-state index contributed by atoms with van der Waals surface area (Å²) in [5.74, 6) is 0.254. The highest BCUT2D eigenvalue weighted by molar-refractivity contribution is 7.12. The molecule has 1 aliphatic carbocycles. The number of ketones is 1. The van der Waals surface area contributed by atoms with Gasteiger partial charge >= 0.3 is 0 Å².